The fourth-order valence-electron chi connectivity index (χ4n) is 2.60. The summed E-state index contributed by atoms with van der Waals surface area (Å²) in [5.41, 5.74) is 0.259. The summed E-state index contributed by atoms with van der Waals surface area (Å²) >= 11 is 5.81. The molecule has 1 fully saturated rings. The van der Waals surface area contributed by atoms with Gasteiger partial charge < -0.3 is 10.6 Å². The van der Waals surface area contributed by atoms with Gasteiger partial charge in [-0.15, -0.1) is 0 Å². The molecule has 1 aliphatic rings. The molecule has 114 valence electrons. The highest BCUT2D eigenvalue weighted by atomic mass is 35.5. The molecule has 0 radical (unpaired) electrons. The molecule has 7 heteroatoms. The van der Waals surface area contributed by atoms with Crippen LogP contribution < -0.4 is 10.6 Å². The summed E-state index contributed by atoms with van der Waals surface area (Å²) in [5.74, 6) is 0.463. The number of urea groups is 1. The van der Waals surface area contributed by atoms with Crippen molar-refractivity contribution in [1.82, 2.24) is 5.32 Å². The highest BCUT2D eigenvalue weighted by Gasteiger charge is 2.23. The van der Waals surface area contributed by atoms with Gasteiger partial charge in [-0.1, -0.05) is 31.4 Å². The van der Waals surface area contributed by atoms with Gasteiger partial charge in [-0.05, 0) is 30.9 Å². The molecule has 2 N–H and O–H groups in total. The van der Waals surface area contributed by atoms with Gasteiger partial charge in [-0.3, -0.25) is 10.1 Å². The molecule has 1 saturated carbocycles. The second kappa shape index (κ2) is 6.76. The second-order valence-electron chi connectivity index (χ2n) is 5.39. The van der Waals surface area contributed by atoms with Crippen LogP contribution in [-0.2, 0) is 0 Å². The summed E-state index contributed by atoms with van der Waals surface area (Å²) in [7, 11) is 0. The summed E-state index contributed by atoms with van der Waals surface area (Å²) in [6.45, 7) is 2.13. The Morgan fingerprint density at radius 3 is 2.71 bits per heavy atom. The van der Waals surface area contributed by atoms with Crippen LogP contribution in [-0.4, -0.2) is 17.0 Å². The van der Waals surface area contributed by atoms with Crippen molar-refractivity contribution in [3.8, 4) is 0 Å². The van der Waals surface area contributed by atoms with Gasteiger partial charge in [0.15, 0.2) is 0 Å². The molecule has 0 bridgehead atoms. The number of amides is 2. The number of nitrogens with one attached hydrogen (secondary N) is 2. The molecule has 1 aromatic carbocycles. The Bertz CT molecular complexity index is 550. The van der Waals surface area contributed by atoms with E-state index in [0.29, 0.717) is 11.6 Å². The standard InChI is InChI=1S/C14H18ClN3O3/c1-9-4-2-3-5-12(9)17-14(19)16-10-6-7-13(18(20)21)11(15)8-10/h6-9,12H,2-5H2,1H3,(H2,16,17,19)/t9-,12+/m1/s1. The number of rotatable bonds is 3. The van der Waals surface area contributed by atoms with E-state index < -0.39 is 4.92 Å². The first-order valence-corrected chi connectivity index (χ1v) is 7.36. The van der Waals surface area contributed by atoms with Gasteiger partial charge in [0, 0.05) is 17.8 Å². The summed E-state index contributed by atoms with van der Waals surface area (Å²) in [6, 6.07) is 3.99. The second-order valence-corrected chi connectivity index (χ2v) is 5.80. The Morgan fingerprint density at radius 1 is 1.38 bits per heavy atom. The molecule has 0 saturated heterocycles. The maximum absolute atomic E-state index is 12.0. The lowest BCUT2D eigenvalue weighted by molar-refractivity contribution is -0.384. The molecule has 1 aliphatic carbocycles. The van der Waals surface area contributed by atoms with E-state index in [4.69, 9.17) is 11.6 Å². The fraction of sp³-hybridized carbons (Fsp3) is 0.500. The predicted molar refractivity (Wildman–Crippen MR) is 81.7 cm³/mol. The lowest BCUT2D eigenvalue weighted by Crippen LogP contribution is -2.43. The van der Waals surface area contributed by atoms with Crippen molar-refractivity contribution in [3.63, 3.8) is 0 Å². The minimum Gasteiger partial charge on any atom is -0.335 e. The van der Waals surface area contributed by atoms with Crippen LogP contribution in [0.15, 0.2) is 18.2 Å². The molecule has 0 spiro atoms. The third-order valence-electron chi connectivity index (χ3n) is 3.83. The lowest BCUT2D eigenvalue weighted by Gasteiger charge is -2.29. The van der Waals surface area contributed by atoms with Crippen molar-refractivity contribution in [2.24, 2.45) is 5.92 Å². The van der Waals surface area contributed by atoms with Crippen molar-refractivity contribution < 1.29 is 9.72 Å². The van der Waals surface area contributed by atoms with Crippen LogP contribution in [0.3, 0.4) is 0 Å². The van der Waals surface area contributed by atoms with Crippen LogP contribution in [0.4, 0.5) is 16.2 Å². The number of hydrogen-bond acceptors (Lipinski definition) is 3. The van der Waals surface area contributed by atoms with Crippen molar-refractivity contribution in [2.45, 2.75) is 38.6 Å². The third-order valence-corrected chi connectivity index (χ3v) is 4.13. The minimum atomic E-state index is -0.560. The zero-order valence-corrected chi connectivity index (χ0v) is 12.5. The zero-order chi connectivity index (χ0) is 15.4. The van der Waals surface area contributed by atoms with E-state index in [1.807, 2.05) is 0 Å². The summed E-state index contributed by atoms with van der Waals surface area (Å²) in [6.07, 6.45) is 4.43. The van der Waals surface area contributed by atoms with Gasteiger partial charge in [-0.25, -0.2) is 4.79 Å². The summed E-state index contributed by atoms with van der Waals surface area (Å²) in [5, 5.41) is 16.3. The van der Waals surface area contributed by atoms with E-state index in [9.17, 15) is 14.9 Å². The summed E-state index contributed by atoms with van der Waals surface area (Å²) in [4.78, 5) is 22.1. The average molecular weight is 312 g/mol. The molecule has 1 aromatic rings. The highest BCUT2D eigenvalue weighted by Crippen LogP contribution is 2.27. The Kier molecular flexibility index (Phi) is 5.01. The molecule has 0 aliphatic heterocycles. The SMILES string of the molecule is C[C@@H]1CCCC[C@@H]1NC(=O)Nc1ccc([N+](=O)[O-])c(Cl)c1. The van der Waals surface area contributed by atoms with Crippen LogP contribution in [0.25, 0.3) is 0 Å². The number of carbonyl (C=O) groups excluding carboxylic acids is 1. The molecule has 21 heavy (non-hydrogen) atoms. The molecule has 0 aromatic heterocycles. The zero-order valence-electron chi connectivity index (χ0n) is 11.8. The van der Waals surface area contributed by atoms with E-state index in [1.54, 1.807) is 0 Å². The van der Waals surface area contributed by atoms with Crippen molar-refractivity contribution in [3.05, 3.63) is 33.3 Å². The first-order valence-electron chi connectivity index (χ1n) is 6.99. The van der Waals surface area contributed by atoms with Gasteiger partial charge in [0.1, 0.15) is 5.02 Å². The Morgan fingerprint density at radius 2 is 2.10 bits per heavy atom. The number of benzene rings is 1. The number of anilines is 1. The molecular weight excluding hydrogens is 294 g/mol. The van der Waals surface area contributed by atoms with Gasteiger partial charge >= 0.3 is 6.03 Å². The van der Waals surface area contributed by atoms with E-state index in [0.717, 1.165) is 19.3 Å². The normalized spacial score (nSPS) is 21.6. The smallest absolute Gasteiger partial charge is 0.319 e. The maximum atomic E-state index is 12.0. The largest absolute Gasteiger partial charge is 0.335 e. The monoisotopic (exact) mass is 311 g/mol. The number of nitro groups is 1. The van der Waals surface area contributed by atoms with Crippen LogP contribution in [0, 0.1) is 16.0 Å². The van der Waals surface area contributed by atoms with Crippen LogP contribution in [0.1, 0.15) is 32.6 Å². The van der Waals surface area contributed by atoms with E-state index in [-0.39, 0.29) is 22.8 Å². The molecule has 2 rings (SSSR count). The van der Waals surface area contributed by atoms with E-state index in [1.165, 1.54) is 24.6 Å². The topological polar surface area (TPSA) is 84.3 Å². The average Bonchev–Trinajstić information content (AvgIpc) is 2.41. The van der Waals surface area contributed by atoms with Gasteiger partial charge in [-0.2, -0.15) is 0 Å². The Balaban J connectivity index is 1.96. The number of nitrogens with zero attached hydrogens (tertiary/aromatic N) is 1. The Labute approximate surface area is 128 Å². The van der Waals surface area contributed by atoms with Gasteiger partial charge in [0.25, 0.3) is 5.69 Å². The number of carbonyl (C=O) groups is 1. The molecular formula is C14H18ClN3O3. The molecule has 2 amide bonds. The highest BCUT2D eigenvalue weighted by molar-refractivity contribution is 6.33. The van der Waals surface area contributed by atoms with Crippen LogP contribution in [0.5, 0.6) is 0 Å². The molecule has 6 nitrogen and oxygen atoms in total. The fourth-order valence-corrected chi connectivity index (χ4v) is 2.85. The lowest BCUT2D eigenvalue weighted by atomic mass is 9.86. The predicted octanol–water partition coefficient (Wildman–Crippen LogP) is 3.95. The van der Waals surface area contributed by atoms with E-state index >= 15 is 0 Å². The van der Waals surface area contributed by atoms with Crippen LogP contribution in [0.2, 0.25) is 5.02 Å². The van der Waals surface area contributed by atoms with E-state index in [2.05, 4.69) is 17.6 Å². The van der Waals surface area contributed by atoms with Crippen LogP contribution >= 0.6 is 11.6 Å². The van der Waals surface area contributed by atoms with Crippen molar-refractivity contribution in [1.29, 1.82) is 0 Å². The maximum Gasteiger partial charge on any atom is 0.319 e. The number of halogens is 1. The Hall–Kier alpha value is -1.82. The minimum absolute atomic E-state index is 0.00355. The molecule has 0 unspecified atom stereocenters. The quantitative estimate of drug-likeness (QED) is 0.654. The first-order chi connectivity index (χ1) is 9.97. The third kappa shape index (κ3) is 4.07. The van der Waals surface area contributed by atoms with Gasteiger partial charge in [0.2, 0.25) is 0 Å². The number of nitro benzene ring substituents is 1. The number of hydrogen-bond donors (Lipinski definition) is 2. The van der Waals surface area contributed by atoms with Crippen molar-refractivity contribution in [2.75, 3.05) is 5.32 Å². The molecule has 2 atom stereocenters. The first kappa shape index (κ1) is 15.6. The van der Waals surface area contributed by atoms with Crippen molar-refractivity contribution >= 4 is 29.0 Å². The summed E-state index contributed by atoms with van der Waals surface area (Å²) < 4.78 is 0. The van der Waals surface area contributed by atoms with Gasteiger partial charge in [0.05, 0.1) is 4.92 Å². The molecule has 0 heterocycles.